The first-order valence-electron chi connectivity index (χ1n) is 6.23. The summed E-state index contributed by atoms with van der Waals surface area (Å²) in [4.78, 5) is 14.5. The molecule has 0 atom stereocenters. The summed E-state index contributed by atoms with van der Waals surface area (Å²) in [6.45, 7) is 7.46. The second kappa shape index (κ2) is 5.07. The Kier molecular flexibility index (Phi) is 3.68. The number of piperazine rings is 1. The molecule has 0 saturated carbocycles. The van der Waals surface area contributed by atoms with Crippen molar-refractivity contribution in [2.45, 2.75) is 13.8 Å². The number of rotatable bonds is 2. The third-order valence-corrected chi connectivity index (χ3v) is 3.50. The fourth-order valence-corrected chi connectivity index (χ4v) is 2.22. The molecule has 0 spiro atoms. The highest BCUT2D eigenvalue weighted by molar-refractivity contribution is 5.96. The molecule has 1 aliphatic heterocycles. The van der Waals surface area contributed by atoms with Crippen molar-refractivity contribution in [2.24, 2.45) is 7.05 Å². The van der Waals surface area contributed by atoms with Gasteiger partial charge in [-0.25, -0.2) is 5.01 Å². The summed E-state index contributed by atoms with van der Waals surface area (Å²) in [7, 11) is 3.95. The molecule has 6 heteroatoms. The number of hydrogen-bond donors (Lipinski definition) is 1. The van der Waals surface area contributed by atoms with Crippen molar-refractivity contribution in [1.82, 2.24) is 25.1 Å². The first-order valence-corrected chi connectivity index (χ1v) is 6.23. The van der Waals surface area contributed by atoms with Crippen LogP contribution in [-0.4, -0.2) is 58.8 Å². The van der Waals surface area contributed by atoms with E-state index in [1.165, 1.54) is 0 Å². The minimum Gasteiger partial charge on any atom is -0.304 e. The maximum absolute atomic E-state index is 12.2. The lowest BCUT2D eigenvalue weighted by molar-refractivity contribution is 0.0661. The van der Waals surface area contributed by atoms with Gasteiger partial charge in [-0.2, -0.15) is 5.10 Å². The fraction of sp³-hybridized carbons (Fsp3) is 0.667. The summed E-state index contributed by atoms with van der Waals surface area (Å²) in [5, 5.41) is 6.25. The molecular weight excluding hydrogens is 230 g/mol. The maximum Gasteiger partial charge on any atom is 0.269 e. The highest BCUT2D eigenvalue weighted by atomic mass is 16.2. The molecule has 2 heterocycles. The molecule has 1 saturated heterocycles. The number of hydrazine groups is 1. The van der Waals surface area contributed by atoms with Crippen molar-refractivity contribution in [3.8, 4) is 0 Å². The molecule has 2 rings (SSSR count). The third-order valence-electron chi connectivity index (χ3n) is 3.50. The molecule has 1 aromatic rings. The van der Waals surface area contributed by atoms with E-state index < -0.39 is 0 Å². The van der Waals surface area contributed by atoms with Crippen LogP contribution in [0, 0.1) is 13.8 Å². The average molecular weight is 251 g/mol. The summed E-state index contributed by atoms with van der Waals surface area (Å²) >= 11 is 0. The minimum absolute atomic E-state index is 0.0531. The molecule has 1 amide bonds. The maximum atomic E-state index is 12.2. The van der Waals surface area contributed by atoms with E-state index in [1.54, 1.807) is 4.68 Å². The van der Waals surface area contributed by atoms with Crippen LogP contribution in [0.25, 0.3) is 0 Å². The summed E-state index contributed by atoms with van der Waals surface area (Å²) < 4.78 is 1.74. The molecule has 18 heavy (non-hydrogen) atoms. The number of carbonyl (C=O) groups is 1. The predicted octanol–water partition coefficient (Wildman–Crippen LogP) is -0.0709. The Labute approximate surface area is 108 Å². The van der Waals surface area contributed by atoms with Crippen molar-refractivity contribution in [3.05, 3.63) is 17.0 Å². The molecule has 1 aromatic heterocycles. The second-order valence-electron chi connectivity index (χ2n) is 4.90. The van der Waals surface area contributed by atoms with Crippen LogP contribution in [0.2, 0.25) is 0 Å². The summed E-state index contributed by atoms with van der Waals surface area (Å²) in [6.07, 6.45) is 0. The van der Waals surface area contributed by atoms with E-state index in [4.69, 9.17) is 0 Å². The summed E-state index contributed by atoms with van der Waals surface area (Å²) in [6, 6.07) is 0. The summed E-state index contributed by atoms with van der Waals surface area (Å²) in [5.41, 5.74) is 5.34. The van der Waals surface area contributed by atoms with Crippen LogP contribution < -0.4 is 5.43 Å². The monoisotopic (exact) mass is 251 g/mol. The van der Waals surface area contributed by atoms with E-state index >= 15 is 0 Å². The molecule has 1 N–H and O–H groups in total. The van der Waals surface area contributed by atoms with Gasteiger partial charge in [-0.05, 0) is 20.9 Å². The molecule has 0 aromatic carbocycles. The number of nitrogens with one attached hydrogen (secondary N) is 1. The van der Waals surface area contributed by atoms with Crippen LogP contribution in [0.5, 0.6) is 0 Å². The van der Waals surface area contributed by atoms with Gasteiger partial charge in [-0.3, -0.25) is 14.9 Å². The Balaban J connectivity index is 2.04. The first-order chi connectivity index (χ1) is 8.49. The SMILES string of the molecule is Cc1nn(C)c(C)c1C(=O)NN1CCN(C)CC1. The number of nitrogens with zero attached hydrogens (tertiary/aromatic N) is 4. The van der Waals surface area contributed by atoms with Crippen LogP contribution in [0.3, 0.4) is 0 Å². The zero-order valence-corrected chi connectivity index (χ0v) is 11.5. The highest BCUT2D eigenvalue weighted by Crippen LogP contribution is 2.11. The Hall–Kier alpha value is -1.40. The molecule has 0 bridgehead atoms. The second-order valence-corrected chi connectivity index (χ2v) is 4.90. The number of hydrogen-bond acceptors (Lipinski definition) is 4. The van der Waals surface area contributed by atoms with E-state index in [2.05, 4.69) is 22.5 Å². The van der Waals surface area contributed by atoms with Gasteiger partial charge >= 0.3 is 0 Å². The number of aromatic nitrogens is 2. The molecule has 1 fully saturated rings. The van der Waals surface area contributed by atoms with E-state index in [0.29, 0.717) is 5.56 Å². The molecule has 1 aliphatic rings. The molecule has 0 radical (unpaired) electrons. The Morgan fingerprint density at radius 1 is 1.17 bits per heavy atom. The minimum atomic E-state index is -0.0531. The standard InChI is InChI=1S/C12H21N5O/c1-9-11(10(2)16(4)13-9)12(18)14-17-7-5-15(3)6-8-17/h5-8H2,1-4H3,(H,14,18). The van der Waals surface area contributed by atoms with Crippen LogP contribution in [0.15, 0.2) is 0 Å². The normalized spacial score (nSPS) is 18.0. The largest absolute Gasteiger partial charge is 0.304 e. The molecule has 100 valence electrons. The van der Waals surface area contributed by atoms with E-state index in [-0.39, 0.29) is 5.91 Å². The topological polar surface area (TPSA) is 53.4 Å². The van der Waals surface area contributed by atoms with Crippen LogP contribution in [0.4, 0.5) is 0 Å². The number of aryl methyl sites for hydroxylation is 2. The van der Waals surface area contributed by atoms with Gasteiger partial charge in [0.2, 0.25) is 0 Å². The van der Waals surface area contributed by atoms with Gasteiger partial charge in [0, 0.05) is 38.9 Å². The van der Waals surface area contributed by atoms with Crippen LogP contribution in [-0.2, 0) is 7.05 Å². The molecule has 0 unspecified atom stereocenters. The number of amides is 1. The van der Waals surface area contributed by atoms with Gasteiger partial charge < -0.3 is 4.90 Å². The van der Waals surface area contributed by atoms with E-state index in [9.17, 15) is 4.79 Å². The van der Waals surface area contributed by atoms with E-state index in [1.807, 2.05) is 25.9 Å². The lowest BCUT2D eigenvalue weighted by Gasteiger charge is -2.32. The van der Waals surface area contributed by atoms with Crippen molar-refractivity contribution in [1.29, 1.82) is 0 Å². The lowest BCUT2D eigenvalue weighted by Crippen LogP contribution is -2.52. The van der Waals surface area contributed by atoms with Gasteiger partial charge in [0.05, 0.1) is 11.3 Å². The van der Waals surface area contributed by atoms with Crippen molar-refractivity contribution in [2.75, 3.05) is 33.2 Å². The zero-order valence-electron chi connectivity index (χ0n) is 11.5. The highest BCUT2D eigenvalue weighted by Gasteiger charge is 2.21. The first kappa shape index (κ1) is 13.0. The van der Waals surface area contributed by atoms with Crippen molar-refractivity contribution in [3.63, 3.8) is 0 Å². The van der Waals surface area contributed by atoms with Gasteiger partial charge in [0.15, 0.2) is 0 Å². The van der Waals surface area contributed by atoms with Gasteiger partial charge in [0.25, 0.3) is 5.91 Å². The summed E-state index contributed by atoms with van der Waals surface area (Å²) in [5.74, 6) is -0.0531. The molecule has 6 nitrogen and oxygen atoms in total. The Morgan fingerprint density at radius 3 is 2.28 bits per heavy atom. The number of carbonyl (C=O) groups excluding carboxylic acids is 1. The van der Waals surface area contributed by atoms with Gasteiger partial charge in [-0.15, -0.1) is 0 Å². The third kappa shape index (κ3) is 2.54. The fourth-order valence-electron chi connectivity index (χ4n) is 2.22. The number of likely N-dealkylation sites (N-methyl/N-ethyl adjacent to an activating group) is 1. The predicted molar refractivity (Wildman–Crippen MR) is 69.2 cm³/mol. The quantitative estimate of drug-likeness (QED) is 0.799. The Bertz CT molecular complexity index is 446. The molecular formula is C12H21N5O. The van der Waals surface area contributed by atoms with Crippen molar-refractivity contribution >= 4 is 5.91 Å². The van der Waals surface area contributed by atoms with Gasteiger partial charge in [-0.1, -0.05) is 0 Å². The molecule has 0 aliphatic carbocycles. The van der Waals surface area contributed by atoms with Crippen LogP contribution >= 0.6 is 0 Å². The van der Waals surface area contributed by atoms with Gasteiger partial charge in [0.1, 0.15) is 0 Å². The Morgan fingerprint density at radius 2 is 1.78 bits per heavy atom. The van der Waals surface area contributed by atoms with Crippen LogP contribution in [0.1, 0.15) is 21.7 Å². The average Bonchev–Trinajstić information content (AvgIpc) is 2.56. The van der Waals surface area contributed by atoms with Crippen molar-refractivity contribution < 1.29 is 4.79 Å². The lowest BCUT2D eigenvalue weighted by atomic mass is 10.2. The van der Waals surface area contributed by atoms with E-state index in [0.717, 1.165) is 37.6 Å². The smallest absolute Gasteiger partial charge is 0.269 e. The zero-order chi connectivity index (χ0) is 13.3.